The topological polar surface area (TPSA) is 109 Å². The molecule has 0 radical (unpaired) electrons. The number of carbonyl (C=O) groups is 2. The molecule has 2 heterocycles. The molecule has 0 bridgehead atoms. The number of aliphatic hydroxyl groups is 1. The van der Waals surface area contributed by atoms with E-state index in [9.17, 15) is 14.7 Å². The number of hydrogen-bond donors (Lipinski definition) is 4. The van der Waals surface area contributed by atoms with Crippen molar-refractivity contribution in [3.63, 3.8) is 0 Å². The van der Waals surface area contributed by atoms with Gasteiger partial charge in [-0.2, -0.15) is 0 Å². The molecule has 2 aliphatic rings. The van der Waals surface area contributed by atoms with E-state index in [4.69, 9.17) is 9.47 Å². The van der Waals surface area contributed by atoms with E-state index < -0.39 is 12.3 Å². The molecule has 9 heteroatoms. The van der Waals surface area contributed by atoms with Crippen LogP contribution in [0.3, 0.4) is 0 Å². The van der Waals surface area contributed by atoms with Crippen LogP contribution in [0.5, 0.6) is 5.75 Å². The van der Waals surface area contributed by atoms with Gasteiger partial charge in [0.25, 0.3) is 5.91 Å². The fraction of sp³-hybridized carbons (Fsp3) is 0.579. The Balaban J connectivity index is 1.61. The number of aliphatic hydroxyl groups excluding tert-OH is 1. The first kappa shape index (κ1) is 20.6. The van der Waals surface area contributed by atoms with Crippen molar-refractivity contribution in [2.24, 2.45) is 11.8 Å². The number of fused-ring (bicyclic) bond motifs is 1. The number of hydrogen-bond acceptors (Lipinski definition) is 7. The number of amides is 2. The van der Waals surface area contributed by atoms with Gasteiger partial charge in [0.1, 0.15) is 12.0 Å². The number of rotatable bonds is 6. The molecule has 0 aliphatic carbocycles. The molecule has 1 saturated heterocycles. The van der Waals surface area contributed by atoms with E-state index in [0.29, 0.717) is 17.9 Å². The molecule has 0 aromatic heterocycles. The zero-order valence-electron chi connectivity index (χ0n) is 16.2. The van der Waals surface area contributed by atoms with Gasteiger partial charge in [-0.25, -0.2) is 4.79 Å². The first-order chi connectivity index (χ1) is 13.4. The maximum Gasteiger partial charge on any atom is 0.409 e. The van der Waals surface area contributed by atoms with Gasteiger partial charge in [0, 0.05) is 17.4 Å². The van der Waals surface area contributed by atoms with Gasteiger partial charge in [-0.05, 0) is 37.3 Å². The van der Waals surface area contributed by atoms with Crippen molar-refractivity contribution in [1.82, 2.24) is 10.6 Å². The summed E-state index contributed by atoms with van der Waals surface area (Å²) in [6.07, 6.45) is -1.17. The Labute approximate surface area is 168 Å². The second kappa shape index (κ2) is 8.91. The standard InChI is InChI=1S/C19H27N3O5S/c1-4-26-19(25)22-16(24)12-7-8-28-18(12)21-15(23)11-5-6-14-13(9-11)20-17(27-14)10(2)3/h5-6,9-10,12,16-18,20,24H,4,7-8H2,1-3H3,(H,21,23)(H,22,25). The molecule has 28 heavy (non-hydrogen) atoms. The Hall–Kier alpha value is -2.13. The van der Waals surface area contributed by atoms with Gasteiger partial charge in [0.2, 0.25) is 0 Å². The molecule has 1 aromatic carbocycles. The lowest BCUT2D eigenvalue weighted by Gasteiger charge is -2.25. The van der Waals surface area contributed by atoms with Gasteiger partial charge in [0.15, 0.2) is 6.23 Å². The van der Waals surface area contributed by atoms with E-state index in [1.54, 1.807) is 36.9 Å². The number of alkyl carbamates (subject to hydrolysis) is 1. The smallest absolute Gasteiger partial charge is 0.409 e. The minimum absolute atomic E-state index is 0.104. The number of ether oxygens (including phenoxy) is 2. The lowest BCUT2D eigenvalue weighted by atomic mass is 10.0. The number of anilines is 1. The molecule has 0 saturated carbocycles. The number of carbonyl (C=O) groups excluding carboxylic acids is 2. The van der Waals surface area contributed by atoms with Crippen molar-refractivity contribution in [1.29, 1.82) is 0 Å². The first-order valence-electron chi connectivity index (χ1n) is 9.50. The number of thioether (sulfide) groups is 1. The summed E-state index contributed by atoms with van der Waals surface area (Å²) in [5, 5.41) is 18.7. The number of benzene rings is 1. The maximum atomic E-state index is 12.7. The lowest BCUT2D eigenvalue weighted by Crippen LogP contribution is -2.47. The fourth-order valence-electron chi connectivity index (χ4n) is 3.20. The summed E-state index contributed by atoms with van der Waals surface area (Å²) in [6.45, 7) is 6.04. The summed E-state index contributed by atoms with van der Waals surface area (Å²) in [4.78, 5) is 24.3. The van der Waals surface area contributed by atoms with Crippen molar-refractivity contribution >= 4 is 29.4 Å². The second-order valence-electron chi connectivity index (χ2n) is 7.16. The molecular formula is C19H27N3O5S. The van der Waals surface area contributed by atoms with Crippen LogP contribution in [-0.4, -0.2) is 47.3 Å². The molecule has 1 aromatic rings. The lowest BCUT2D eigenvalue weighted by molar-refractivity contribution is 0.0584. The summed E-state index contributed by atoms with van der Waals surface area (Å²) in [5.74, 6) is 1.29. The number of nitrogens with one attached hydrogen (secondary N) is 3. The van der Waals surface area contributed by atoms with E-state index in [1.165, 1.54) is 0 Å². The maximum absolute atomic E-state index is 12.7. The van der Waals surface area contributed by atoms with Crippen LogP contribution in [0, 0.1) is 11.8 Å². The van der Waals surface area contributed by atoms with E-state index in [-0.39, 0.29) is 30.0 Å². The first-order valence-corrected chi connectivity index (χ1v) is 10.5. The van der Waals surface area contributed by atoms with Crippen molar-refractivity contribution < 1.29 is 24.2 Å². The predicted octanol–water partition coefficient (Wildman–Crippen LogP) is 2.35. The Morgan fingerprint density at radius 1 is 1.43 bits per heavy atom. The molecule has 2 amide bonds. The van der Waals surface area contributed by atoms with Gasteiger partial charge < -0.3 is 25.2 Å². The molecule has 8 nitrogen and oxygen atoms in total. The molecule has 4 unspecified atom stereocenters. The Morgan fingerprint density at radius 3 is 2.93 bits per heavy atom. The summed E-state index contributed by atoms with van der Waals surface area (Å²) in [7, 11) is 0. The van der Waals surface area contributed by atoms with Gasteiger partial charge in [-0.15, -0.1) is 11.8 Å². The third-order valence-corrected chi connectivity index (χ3v) is 6.05. The minimum Gasteiger partial charge on any atom is -0.468 e. The van der Waals surface area contributed by atoms with Crippen molar-refractivity contribution in [3.05, 3.63) is 23.8 Å². The zero-order valence-corrected chi connectivity index (χ0v) is 17.0. The summed E-state index contributed by atoms with van der Waals surface area (Å²) in [6, 6.07) is 5.28. The van der Waals surface area contributed by atoms with Gasteiger partial charge in [-0.1, -0.05) is 13.8 Å². The van der Waals surface area contributed by atoms with Crippen LogP contribution >= 0.6 is 11.8 Å². The second-order valence-corrected chi connectivity index (χ2v) is 8.41. The van der Waals surface area contributed by atoms with Crippen molar-refractivity contribution in [2.75, 3.05) is 17.7 Å². The van der Waals surface area contributed by atoms with Crippen molar-refractivity contribution in [2.45, 2.75) is 45.0 Å². The van der Waals surface area contributed by atoms with Gasteiger partial charge in [-0.3, -0.25) is 10.1 Å². The summed E-state index contributed by atoms with van der Waals surface area (Å²) < 4.78 is 10.6. The molecule has 2 aliphatic heterocycles. The fourth-order valence-corrected chi connectivity index (χ4v) is 4.59. The Kier molecular flexibility index (Phi) is 6.56. The van der Waals surface area contributed by atoms with E-state index in [1.807, 2.05) is 0 Å². The average Bonchev–Trinajstić information content (AvgIpc) is 3.27. The van der Waals surface area contributed by atoms with E-state index >= 15 is 0 Å². The third kappa shape index (κ3) is 4.64. The molecule has 154 valence electrons. The third-order valence-electron chi connectivity index (χ3n) is 4.76. The zero-order chi connectivity index (χ0) is 20.3. The Morgan fingerprint density at radius 2 is 2.21 bits per heavy atom. The molecule has 0 spiro atoms. The molecule has 1 fully saturated rings. The largest absolute Gasteiger partial charge is 0.468 e. The average molecular weight is 410 g/mol. The highest BCUT2D eigenvalue weighted by atomic mass is 32.2. The minimum atomic E-state index is -1.08. The predicted molar refractivity (Wildman–Crippen MR) is 107 cm³/mol. The SMILES string of the molecule is CCOC(=O)NC(O)C1CCSC1NC(=O)c1ccc2c(c1)NC(C(C)C)O2. The quantitative estimate of drug-likeness (QED) is 0.534. The highest BCUT2D eigenvalue weighted by Gasteiger charge is 2.36. The van der Waals surface area contributed by atoms with Crippen LogP contribution in [0.15, 0.2) is 18.2 Å². The van der Waals surface area contributed by atoms with Crippen molar-refractivity contribution in [3.8, 4) is 5.75 Å². The van der Waals surface area contributed by atoms with Gasteiger partial charge in [0.05, 0.1) is 17.7 Å². The van der Waals surface area contributed by atoms with Gasteiger partial charge >= 0.3 is 6.09 Å². The highest BCUT2D eigenvalue weighted by molar-refractivity contribution is 8.00. The molecule has 4 N–H and O–H groups in total. The van der Waals surface area contributed by atoms with E-state index in [2.05, 4.69) is 29.8 Å². The van der Waals surface area contributed by atoms with Crippen LogP contribution in [0.4, 0.5) is 10.5 Å². The van der Waals surface area contributed by atoms with Crippen LogP contribution in [-0.2, 0) is 4.74 Å². The summed E-state index contributed by atoms with van der Waals surface area (Å²) >= 11 is 1.55. The summed E-state index contributed by atoms with van der Waals surface area (Å²) in [5.41, 5.74) is 1.31. The van der Waals surface area contributed by atoms with Crippen LogP contribution < -0.4 is 20.7 Å². The van der Waals surface area contributed by atoms with Crippen LogP contribution in [0.2, 0.25) is 0 Å². The van der Waals surface area contributed by atoms with E-state index in [0.717, 1.165) is 17.2 Å². The van der Waals surface area contributed by atoms with Crippen LogP contribution in [0.25, 0.3) is 0 Å². The molecular weight excluding hydrogens is 382 g/mol. The molecule has 3 rings (SSSR count). The highest BCUT2D eigenvalue weighted by Crippen LogP contribution is 2.35. The normalized spacial score (nSPS) is 24.1. The Bertz CT molecular complexity index is 730. The van der Waals surface area contributed by atoms with Crippen LogP contribution in [0.1, 0.15) is 37.6 Å². The molecule has 4 atom stereocenters. The monoisotopic (exact) mass is 409 g/mol.